The van der Waals surface area contributed by atoms with Crippen LogP contribution in [0, 0.1) is 6.92 Å². The van der Waals surface area contributed by atoms with E-state index < -0.39 is 0 Å². The summed E-state index contributed by atoms with van der Waals surface area (Å²) in [7, 11) is 0. The summed E-state index contributed by atoms with van der Waals surface area (Å²) in [5, 5.41) is 4.49. The van der Waals surface area contributed by atoms with Gasteiger partial charge in [0.05, 0.1) is 11.0 Å². The molecule has 0 spiro atoms. The van der Waals surface area contributed by atoms with Crippen LogP contribution in [0.2, 0.25) is 0 Å². The van der Waals surface area contributed by atoms with Gasteiger partial charge in [-0.15, -0.1) is 0 Å². The van der Waals surface area contributed by atoms with Gasteiger partial charge in [0.1, 0.15) is 0 Å². The molecule has 0 unspecified atom stereocenters. The number of aryl methyl sites for hydroxylation is 1. The number of fused-ring (bicyclic) bond motifs is 1. The van der Waals surface area contributed by atoms with Crippen molar-refractivity contribution in [2.75, 3.05) is 18.8 Å². The Balaban J connectivity index is 1.72. The second-order valence-corrected chi connectivity index (χ2v) is 5.95. The summed E-state index contributed by atoms with van der Waals surface area (Å²) in [6, 6.07) is 6.33. The first kappa shape index (κ1) is 14.4. The number of thioether (sulfide) groups is 1. The molecule has 104 valence electrons. The lowest BCUT2D eigenvalue weighted by molar-refractivity contribution is 0.635. The third kappa shape index (κ3) is 4.55. The normalized spacial score (nSPS) is 11.3. The zero-order valence-electron chi connectivity index (χ0n) is 11.8. The van der Waals surface area contributed by atoms with Crippen LogP contribution in [-0.2, 0) is 0 Å². The third-order valence-corrected chi connectivity index (χ3v) is 3.97. The van der Waals surface area contributed by atoms with E-state index in [2.05, 4.69) is 47.3 Å². The average molecular weight is 277 g/mol. The monoisotopic (exact) mass is 277 g/mol. The lowest BCUT2D eigenvalue weighted by Crippen LogP contribution is -2.18. The second kappa shape index (κ2) is 7.56. The largest absolute Gasteiger partial charge is 0.333 e. The number of imidazole rings is 1. The highest BCUT2D eigenvalue weighted by Crippen LogP contribution is 2.19. The molecule has 0 aliphatic heterocycles. The molecule has 2 aromatic rings. The van der Waals surface area contributed by atoms with Crippen LogP contribution >= 0.6 is 11.8 Å². The quantitative estimate of drug-likeness (QED) is 0.570. The van der Waals surface area contributed by atoms with Crippen molar-refractivity contribution in [3.8, 4) is 0 Å². The minimum absolute atomic E-state index is 1.02. The predicted molar refractivity (Wildman–Crippen MR) is 83.9 cm³/mol. The standard InChI is InChI=1S/C15H23N3S/c1-3-4-5-8-16-9-10-19-15-17-13-7-6-12(2)11-14(13)18-15/h6-7,11,16H,3-5,8-10H2,1-2H3,(H,17,18). The fourth-order valence-electron chi connectivity index (χ4n) is 2.01. The molecule has 0 radical (unpaired) electrons. The topological polar surface area (TPSA) is 40.7 Å². The van der Waals surface area contributed by atoms with Crippen LogP contribution in [-0.4, -0.2) is 28.8 Å². The van der Waals surface area contributed by atoms with Gasteiger partial charge in [0.2, 0.25) is 0 Å². The molecule has 0 bridgehead atoms. The zero-order valence-corrected chi connectivity index (χ0v) is 12.6. The van der Waals surface area contributed by atoms with Gasteiger partial charge < -0.3 is 10.3 Å². The molecule has 4 heteroatoms. The first-order valence-corrected chi connectivity index (χ1v) is 8.08. The van der Waals surface area contributed by atoms with Crippen LogP contribution in [0.1, 0.15) is 31.7 Å². The Morgan fingerprint density at radius 1 is 1.26 bits per heavy atom. The Morgan fingerprint density at radius 2 is 2.16 bits per heavy atom. The molecule has 0 aliphatic carbocycles. The van der Waals surface area contributed by atoms with Crippen molar-refractivity contribution in [3.63, 3.8) is 0 Å². The molecule has 3 nitrogen and oxygen atoms in total. The van der Waals surface area contributed by atoms with Crippen molar-refractivity contribution < 1.29 is 0 Å². The number of rotatable bonds is 8. The predicted octanol–water partition coefficient (Wildman–Crippen LogP) is 3.74. The van der Waals surface area contributed by atoms with E-state index in [9.17, 15) is 0 Å². The third-order valence-electron chi connectivity index (χ3n) is 3.09. The molecular weight excluding hydrogens is 254 g/mol. The van der Waals surface area contributed by atoms with E-state index in [1.807, 2.05) is 0 Å². The Hall–Kier alpha value is -1.00. The Labute approximate surface area is 119 Å². The van der Waals surface area contributed by atoms with E-state index in [-0.39, 0.29) is 0 Å². The van der Waals surface area contributed by atoms with E-state index in [0.717, 1.165) is 35.0 Å². The maximum absolute atomic E-state index is 4.58. The van der Waals surface area contributed by atoms with E-state index >= 15 is 0 Å². The van der Waals surface area contributed by atoms with Gasteiger partial charge >= 0.3 is 0 Å². The number of benzene rings is 1. The molecule has 1 heterocycles. The van der Waals surface area contributed by atoms with Gasteiger partial charge in [-0.25, -0.2) is 4.98 Å². The van der Waals surface area contributed by atoms with E-state index in [0.29, 0.717) is 0 Å². The Bertz CT molecular complexity index is 507. The first-order valence-electron chi connectivity index (χ1n) is 7.09. The van der Waals surface area contributed by atoms with E-state index in [4.69, 9.17) is 0 Å². The maximum Gasteiger partial charge on any atom is 0.166 e. The summed E-state index contributed by atoms with van der Waals surface area (Å²) < 4.78 is 0. The minimum atomic E-state index is 1.02. The van der Waals surface area contributed by atoms with Gasteiger partial charge in [-0.2, -0.15) is 0 Å². The minimum Gasteiger partial charge on any atom is -0.333 e. The van der Waals surface area contributed by atoms with Gasteiger partial charge in [-0.1, -0.05) is 37.6 Å². The second-order valence-electron chi connectivity index (χ2n) is 4.87. The Kier molecular flexibility index (Phi) is 5.73. The molecular formula is C15H23N3S. The number of unbranched alkanes of at least 4 members (excludes halogenated alkanes) is 2. The van der Waals surface area contributed by atoms with Crippen molar-refractivity contribution in [1.82, 2.24) is 15.3 Å². The molecule has 0 saturated carbocycles. The summed E-state index contributed by atoms with van der Waals surface area (Å²) in [5.74, 6) is 1.06. The molecule has 2 N–H and O–H groups in total. The summed E-state index contributed by atoms with van der Waals surface area (Å²) in [6.45, 7) is 6.52. The maximum atomic E-state index is 4.58. The summed E-state index contributed by atoms with van der Waals surface area (Å²) in [5.41, 5.74) is 3.47. The van der Waals surface area contributed by atoms with Crippen LogP contribution in [0.5, 0.6) is 0 Å². The van der Waals surface area contributed by atoms with E-state index in [1.165, 1.54) is 24.8 Å². The van der Waals surface area contributed by atoms with Crippen LogP contribution in [0.4, 0.5) is 0 Å². The highest BCUT2D eigenvalue weighted by atomic mass is 32.2. The van der Waals surface area contributed by atoms with Crippen molar-refractivity contribution in [1.29, 1.82) is 0 Å². The number of nitrogens with zero attached hydrogens (tertiary/aromatic N) is 1. The number of aromatic amines is 1. The lowest BCUT2D eigenvalue weighted by Gasteiger charge is -2.02. The number of hydrogen-bond donors (Lipinski definition) is 2. The molecule has 2 rings (SSSR count). The smallest absolute Gasteiger partial charge is 0.166 e. The van der Waals surface area contributed by atoms with Crippen molar-refractivity contribution in [2.45, 2.75) is 38.3 Å². The van der Waals surface area contributed by atoms with Crippen LogP contribution in [0.25, 0.3) is 11.0 Å². The molecule has 0 amide bonds. The van der Waals surface area contributed by atoms with Crippen LogP contribution < -0.4 is 5.32 Å². The van der Waals surface area contributed by atoms with Gasteiger partial charge in [0.25, 0.3) is 0 Å². The van der Waals surface area contributed by atoms with E-state index in [1.54, 1.807) is 11.8 Å². The van der Waals surface area contributed by atoms with Crippen LogP contribution in [0.3, 0.4) is 0 Å². The van der Waals surface area contributed by atoms with Crippen molar-refractivity contribution in [2.24, 2.45) is 0 Å². The Morgan fingerprint density at radius 3 is 3.00 bits per heavy atom. The van der Waals surface area contributed by atoms with Gasteiger partial charge in [-0.3, -0.25) is 0 Å². The molecule has 19 heavy (non-hydrogen) atoms. The highest BCUT2D eigenvalue weighted by Gasteiger charge is 2.02. The molecule has 1 aromatic heterocycles. The molecule has 0 saturated heterocycles. The number of hydrogen-bond acceptors (Lipinski definition) is 3. The summed E-state index contributed by atoms with van der Waals surface area (Å²) in [6.07, 6.45) is 3.89. The lowest BCUT2D eigenvalue weighted by atomic mass is 10.2. The summed E-state index contributed by atoms with van der Waals surface area (Å²) >= 11 is 1.79. The number of H-pyrrole nitrogens is 1. The fourth-order valence-corrected chi connectivity index (χ4v) is 2.80. The van der Waals surface area contributed by atoms with Crippen molar-refractivity contribution in [3.05, 3.63) is 23.8 Å². The SMILES string of the molecule is CCCCCNCCSc1nc2ccc(C)cc2[nH]1. The van der Waals surface area contributed by atoms with Crippen molar-refractivity contribution >= 4 is 22.8 Å². The number of nitrogens with one attached hydrogen (secondary N) is 2. The number of aromatic nitrogens is 2. The first-order chi connectivity index (χ1) is 9.29. The summed E-state index contributed by atoms with van der Waals surface area (Å²) in [4.78, 5) is 7.95. The molecule has 0 aliphatic rings. The fraction of sp³-hybridized carbons (Fsp3) is 0.533. The molecule has 0 atom stereocenters. The molecule has 1 aromatic carbocycles. The van der Waals surface area contributed by atoms with Crippen LogP contribution in [0.15, 0.2) is 23.4 Å². The van der Waals surface area contributed by atoms with Gasteiger partial charge in [-0.05, 0) is 37.6 Å². The van der Waals surface area contributed by atoms with Gasteiger partial charge in [0, 0.05) is 12.3 Å². The molecule has 0 fully saturated rings. The highest BCUT2D eigenvalue weighted by molar-refractivity contribution is 7.99. The average Bonchev–Trinajstić information content (AvgIpc) is 2.79. The zero-order chi connectivity index (χ0) is 13.5. The van der Waals surface area contributed by atoms with Gasteiger partial charge in [0.15, 0.2) is 5.16 Å².